The van der Waals surface area contributed by atoms with Gasteiger partial charge in [-0.15, -0.1) is 0 Å². The van der Waals surface area contributed by atoms with Crippen LogP contribution >= 0.6 is 0 Å². The molecule has 0 fully saturated rings. The molecule has 0 spiro atoms. The first kappa shape index (κ1) is 25.6. The summed E-state index contributed by atoms with van der Waals surface area (Å²) in [6.45, 7) is 3.60. The van der Waals surface area contributed by atoms with Crippen LogP contribution in [0, 0.1) is 11.6 Å². The van der Waals surface area contributed by atoms with Crippen LogP contribution in [0.5, 0.6) is 11.5 Å². The highest BCUT2D eigenvalue weighted by atomic mass is 19.1. The van der Waals surface area contributed by atoms with Crippen molar-refractivity contribution in [3.8, 4) is 11.5 Å². The van der Waals surface area contributed by atoms with Crippen molar-refractivity contribution in [1.29, 1.82) is 0 Å². The second-order valence-corrected chi connectivity index (χ2v) is 8.79. The van der Waals surface area contributed by atoms with Crippen LogP contribution in [0.15, 0.2) is 60.7 Å². The van der Waals surface area contributed by atoms with Crippen molar-refractivity contribution in [3.63, 3.8) is 0 Å². The number of amides is 1. The monoisotopic (exact) mass is 496 g/mol. The van der Waals surface area contributed by atoms with Gasteiger partial charge in [-0.05, 0) is 59.9 Å². The first-order valence-corrected chi connectivity index (χ1v) is 12.0. The summed E-state index contributed by atoms with van der Waals surface area (Å²) >= 11 is 0. The van der Waals surface area contributed by atoms with Crippen LogP contribution in [0.2, 0.25) is 0 Å². The van der Waals surface area contributed by atoms with E-state index in [4.69, 9.17) is 9.47 Å². The van der Waals surface area contributed by atoms with Gasteiger partial charge in [-0.2, -0.15) is 0 Å². The molecule has 0 saturated carbocycles. The molecule has 3 aromatic rings. The van der Waals surface area contributed by atoms with Crippen molar-refractivity contribution >= 4 is 5.91 Å². The zero-order valence-electron chi connectivity index (χ0n) is 20.1. The average Bonchev–Trinajstić information content (AvgIpc) is 2.87. The van der Waals surface area contributed by atoms with Crippen LogP contribution in [-0.4, -0.2) is 42.9 Å². The maximum Gasteiger partial charge on any atom is 0.251 e. The van der Waals surface area contributed by atoms with E-state index in [2.05, 4.69) is 29.7 Å². The average molecular weight is 497 g/mol. The number of ether oxygens (including phenoxy) is 2. The zero-order chi connectivity index (χ0) is 25.5. The number of rotatable bonds is 10. The Morgan fingerprint density at radius 3 is 2.42 bits per heavy atom. The zero-order valence-corrected chi connectivity index (χ0v) is 20.1. The number of benzene rings is 3. The quantitative estimate of drug-likeness (QED) is 0.398. The maximum atomic E-state index is 13.8. The van der Waals surface area contributed by atoms with Gasteiger partial charge in [0, 0.05) is 24.7 Å². The lowest BCUT2D eigenvalue weighted by Crippen LogP contribution is -2.48. The summed E-state index contributed by atoms with van der Waals surface area (Å²) in [4.78, 5) is 13.0. The fraction of sp³-hybridized carbons (Fsp3) is 0.321. The van der Waals surface area contributed by atoms with E-state index >= 15 is 0 Å². The third-order valence-electron chi connectivity index (χ3n) is 6.05. The van der Waals surface area contributed by atoms with E-state index < -0.39 is 29.7 Å². The molecule has 190 valence electrons. The predicted octanol–water partition coefficient (Wildman–Crippen LogP) is 3.79. The molecule has 0 saturated heterocycles. The number of fused-ring (bicyclic) bond motifs is 1. The molecule has 3 aromatic carbocycles. The number of carbonyl (C=O) groups is 1. The van der Waals surface area contributed by atoms with Crippen molar-refractivity contribution in [3.05, 3.63) is 94.6 Å². The van der Waals surface area contributed by atoms with Crippen LogP contribution in [0.1, 0.15) is 34.0 Å². The molecule has 0 bridgehead atoms. The Balaban J connectivity index is 1.46. The Morgan fingerprint density at radius 2 is 1.67 bits per heavy atom. The highest BCUT2D eigenvalue weighted by molar-refractivity contribution is 5.95. The van der Waals surface area contributed by atoms with Crippen LogP contribution < -0.4 is 20.1 Å². The lowest BCUT2D eigenvalue weighted by molar-refractivity contribution is 0.0829. The minimum Gasteiger partial charge on any atom is -0.486 e. The number of aliphatic hydroxyl groups excluding tert-OH is 1. The highest BCUT2D eigenvalue weighted by Crippen LogP contribution is 2.30. The molecule has 0 radical (unpaired) electrons. The van der Waals surface area contributed by atoms with E-state index in [0.29, 0.717) is 42.4 Å². The molecule has 6 nitrogen and oxygen atoms in total. The SMILES string of the molecule is CCc1cccc(CNC[C@H](O)[C@H](Cc2cc(F)cc(F)c2)NC(=O)c2ccc3c(c2)OCCO3)c1. The maximum absolute atomic E-state index is 13.8. The molecule has 0 unspecified atom stereocenters. The molecule has 1 heterocycles. The van der Waals surface area contributed by atoms with E-state index in [1.165, 1.54) is 17.7 Å². The number of nitrogens with one attached hydrogen (secondary N) is 2. The Hall–Kier alpha value is -3.49. The van der Waals surface area contributed by atoms with Gasteiger partial charge >= 0.3 is 0 Å². The lowest BCUT2D eigenvalue weighted by Gasteiger charge is -2.25. The van der Waals surface area contributed by atoms with Gasteiger partial charge in [-0.25, -0.2) is 8.78 Å². The van der Waals surface area contributed by atoms with E-state index in [-0.39, 0.29) is 13.0 Å². The molecular formula is C28H30F2N2O4. The fourth-order valence-electron chi connectivity index (χ4n) is 4.17. The number of carbonyl (C=O) groups excluding carboxylic acids is 1. The number of aryl methyl sites for hydroxylation is 1. The molecule has 36 heavy (non-hydrogen) atoms. The summed E-state index contributed by atoms with van der Waals surface area (Å²) in [6.07, 6.45) is -0.0554. The molecule has 3 N–H and O–H groups in total. The summed E-state index contributed by atoms with van der Waals surface area (Å²) in [5.74, 6) is -0.852. The lowest BCUT2D eigenvalue weighted by atomic mass is 10.00. The normalized spacial score (nSPS) is 14.2. The van der Waals surface area contributed by atoms with Gasteiger partial charge in [-0.1, -0.05) is 31.2 Å². The minimum absolute atomic E-state index is 0.0408. The number of aliphatic hydroxyl groups is 1. The van der Waals surface area contributed by atoms with Gasteiger partial charge in [0.2, 0.25) is 0 Å². The Kier molecular flexibility index (Phi) is 8.51. The van der Waals surface area contributed by atoms with E-state index in [1.807, 2.05) is 12.1 Å². The van der Waals surface area contributed by atoms with Gasteiger partial charge in [0.15, 0.2) is 11.5 Å². The molecule has 0 aromatic heterocycles. The smallest absolute Gasteiger partial charge is 0.251 e. The third kappa shape index (κ3) is 6.80. The molecule has 4 rings (SSSR count). The minimum atomic E-state index is -1.02. The Morgan fingerprint density at radius 1 is 0.944 bits per heavy atom. The molecule has 8 heteroatoms. The second kappa shape index (κ2) is 12.0. The van der Waals surface area contributed by atoms with E-state index in [0.717, 1.165) is 18.1 Å². The summed E-state index contributed by atoms with van der Waals surface area (Å²) in [7, 11) is 0. The number of halogens is 2. The highest BCUT2D eigenvalue weighted by Gasteiger charge is 2.24. The van der Waals surface area contributed by atoms with Gasteiger partial charge in [0.1, 0.15) is 24.8 Å². The van der Waals surface area contributed by atoms with Crippen LogP contribution in [-0.2, 0) is 19.4 Å². The van der Waals surface area contributed by atoms with Crippen LogP contribution in [0.4, 0.5) is 8.78 Å². The third-order valence-corrected chi connectivity index (χ3v) is 6.05. The summed E-state index contributed by atoms with van der Waals surface area (Å²) in [6, 6.07) is 15.3. The molecule has 1 aliphatic heterocycles. The number of hydrogen-bond acceptors (Lipinski definition) is 5. The van der Waals surface area contributed by atoms with E-state index in [9.17, 15) is 18.7 Å². The number of hydrogen-bond donors (Lipinski definition) is 3. The topological polar surface area (TPSA) is 79.8 Å². The van der Waals surface area contributed by atoms with Crippen molar-refractivity contribution in [2.45, 2.75) is 38.5 Å². The standard InChI is InChI=1S/C28H30F2N2O4/c1-2-18-4-3-5-19(10-18)16-31-17-25(33)24(13-20-11-22(29)15-23(30)12-20)32-28(34)21-6-7-26-27(14-21)36-9-8-35-26/h3-7,10-12,14-15,24-25,31,33H,2,8-9,13,16-17H2,1H3,(H,32,34)/t24-,25-/m0/s1. The van der Waals surface area contributed by atoms with Gasteiger partial charge in [0.25, 0.3) is 5.91 Å². The first-order chi connectivity index (χ1) is 17.4. The van der Waals surface area contributed by atoms with E-state index in [1.54, 1.807) is 18.2 Å². The molecule has 0 aliphatic carbocycles. The largest absolute Gasteiger partial charge is 0.486 e. The Bertz CT molecular complexity index is 1180. The second-order valence-electron chi connectivity index (χ2n) is 8.79. The summed E-state index contributed by atoms with van der Waals surface area (Å²) < 4.78 is 38.6. The Labute approximate surface area is 209 Å². The summed E-state index contributed by atoms with van der Waals surface area (Å²) in [5, 5.41) is 17.0. The summed E-state index contributed by atoms with van der Waals surface area (Å²) in [5.41, 5.74) is 2.94. The molecule has 1 amide bonds. The van der Waals surface area contributed by atoms with Crippen molar-refractivity contribution < 1.29 is 28.2 Å². The molecule has 2 atom stereocenters. The van der Waals surface area contributed by atoms with Crippen LogP contribution in [0.3, 0.4) is 0 Å². The molecule has 1 aliphatic rings. The van der Waals surface area contributed by atoms with Crippen molar-refractivity contribution in [2.75, 3.05) is 19.8 Å². The van der Waals surface area contributed by atoms with Crippen LogP contribution in [0.25, 0.3) is 0 Å². The van der Waals surface area contributed by atoms with Crippen molar-refractivity contribution in [2.24, 2.45) is 0 Å². The van der Waals surface area contributed by atoms with Gasteiger partial charge < -0.3 is 25.2 Å². The van der Waals surface area contributed by atoms with Gasteiger partial charge in [0.05, 0.1) is 12.1 Å². The van der Waals surface area contributed by atoms with Gasteiger partial charge in [-0.3, -0.25) is 4.79 Å². The fourth-order valence-corrected chi connectivity index (χ4v) is 4.17. The first-order valence-electron chi connectivity index (χ1n) is 12.0. The molecular weight excluding hydrogens is 466 g/mol. The van der Waals surface area contributed by atoms with Crippen molar-refractivity contribution in [1.82, 2.24) is 10.6 Å². The predicted molar refractivity (Wildman–Crippen MR) is 132 cm³/mol.